The Balaban J connectivity index is 1.60. The second kappa shape index (κ2) is 6.96. The average molecular weight is 310 g/mol. The van der Waals surface area contributed by atoms with Crippen molar-refractivity contribution >= 4 is 12.0 Å². The lowest BCUT2D eigenvalue weighted by atomic mass is 10.0. The molecule has 0 radical (unpaired) electrons. The van der Waals surface area contributed by atoms with Crippen molar-refractivity contribution in [1.29, 1.82) is 0 Å². The van der Waals surface area contributed by atoms with Crippen molar-refractivity contribution in [3.63, 3.8) is 0 Å². The van der Waals surface area contributed by atoms with Gasteiger partial charge in [-0.2, -0.15) is 0 Å². The van der Waals surface area contributed by atoms with E-state index >= 15 is 0 Å². The van der Waals surface area contributed by atoms with E-state index in [-0.39, 0.29) is 12.5 Å². The van der Waals surface area contributed by atoms with Crippen LogP contribution in [0.1, 0.15) is 16.7 Å². The fraction of sp³-hybridized carbons (Fsp3) is 0.222. The van der Waals surface area contributed by atoms with Gasteiger partial charge in [-0.1, -0.05) is 54.6 Å². The van der Waals surface area contributed by atoms with Crippen LogP contribution in [0.25, 0.3) is 0 Å². The third-order valence-corrected chi connectivity index (χ3v) is 3.82. The number of alkyl carbamates (subject to hydrolysis) is 1. The van der Waals surface area contributed by atoms with Crippen molar-refractivity contribution in [1.82, 2.24) is 10.6 Å². The molecule has 5 heteroatoms. The smallest absolute Gasteiger partial charge is 0.408 e. The lowest BCUT2D eigenvalue weighted by Gasteiger charge is -2.15. The standard InChI is InChI=1S/C18H18N2O3/c21-17-16(10-14-8-4-5-9-15(14)11-19-17)20-18(22)23-12-13-6-2-1-3-7-13/h1-9,16H,10-12H2,(H,19,21)(H,20,22)/t16-/m0/s1. The molecule has 0 spiro atoms. The molecule has 0 bridgehead atoms. The van der Waals surface area contributed by atoms with E-state index in [1.807, 2.05) is 54.6 Å². The second-order valence-corrected chi connectivity index (χ2v) is 5.45. The molecule has 118 valence electrons. The van der Waals surface area contributed by atoms with Gasteiger partial charge in [-0.25, -0.2) is 4.79 Å². The van der Waals surface area contributed by atoms with Crippen LogP contribution in [-0.2, 0) is 29.1 Å². The van der Waals surface area contributed by atoms with Gasteiger partial charge in [0.05, 0.1) is 0 Å². The molecule has 23 heavy (non-hydrogen) atoms. The zero-order chi connectivity index (χ0) is 16.1. The van der Waals surface area contributed by atoms with E-state index < -0.39 is 12.1 Å². The van der Waals surface area contributed by atoms with Crippen LogP contribution < -0.4 is 10.6 Å². The van der Waals surface area contributed by atoms with E-state index in [0.29, 0.717) is 13.0 Å². The third-order valence-electron chi connectivity index (χ3n) is 3.82. The number of carbonyl (C=O) groups is 2. The Morgan fingerprint density at radius 1 is 1.09 bits per heavy atom. The van der Waals surface area contributed by atoms with Crippen LogP contribution in [-0.4, -0.2) is 18.0 Å². The largest absolute Gasteiger partial charge is 0.445 e. The number of hydrogen-bond acceptors (Lipinski definition) is 3. The predicted molar refractivity (Wildman–Crippen MR) is 85.5 cm³/mol. The summed E-state index contributed by atoms with van der Waals surface area (Å²) in [5, 5.41) is 5.47. The minimum absolute atomic E-state index is 0.178. The molecule has 1 atom stereocenters. The monoisotopic (exact) mass is 310 g/mol. The molecule has 5 nitrogen and oxygen atoms in total. The number of carbonyl (C=O) groups excluding carboxylic acids is 2. The molecular weight excluding hydrogens is 292 g/mol. The summed E-state index contributed by atoms with van der Waals surface area (Å²) >= 11 is 0. The number of amides is 2. The van der Waals surface area contributed by atoms with Crippen LogP contribution in [0.3, 0.4) is 0 Å². The molecule has 1 aliphatic heterocycles. The fourth-order valence-electron chi connectivity index (χ4n) is 2.57. The number of ether oxygens (including phenoxy) is 1. The molecule has 0 unspecified atom stereocenters. The maximum Gasteiger partial charge on any atom is 0.408 e. The minimum atomic E-state index is -0.623. The van der Waals surface area contributed by atoms with Gasteiger partial charge in [-0.05, 0) is 16.7 Å². The van der Waals surface area contributed by atoms with Gasteiger partial charge in [0, 0.05) is 13.0 Å². The summed E-state index contributed by atoms with van der Waals surface area (Å²) in [5.41, 5.74) is 3.03. The van der Waals surface area contributed by atoms with E-state index in [4.69, 9.17) is 4.74 Å². The molecule has 0 fully saturated rings. The number of benzene rings is 2. The minimum Gasteiger partial charge on any atom is -0.445 e. The van der Waals surface area contributed by atoms with Gasteiger partial charge < -0.3 is 15.4 Å². The Labute approximate surface area is 134 Å². The summed E-state index contributed by atoms with van der Waals surface area (Å²) in [6, 6.07) is 16.6. The molecule has 2 aromatic carbocycles. The maximum absolute atomic E-state index is 12.1. The summed E-state index contributed by atoms with van der Waals surface area (Å²) in [4.78, 5) is 24.1. The van der Waals surface area contributed by atoms with Crippen molar-refractivity contribution in [2.45, 2.75) is 25.6 Å². The summed E-state index contributed by atoms with van der Waals surface area (Å²) < 4.78 is 5.18. The molecule has 1 aliphatic rings. The first kappa shape index (κ1) is 15.1. The molecule has 2 amide bonds. The Kier molecular flexibility index (Phi) is 4.57. The summed E-state index contributed by atoms with van der Waals surface area (Å²) in [6.45, 7) is 0.657. The van der Waals surface area contributed by atoms with Crippen molar-refractivity contribution in [2.24, 2.45) is 0 Å². The molecule has 0 saturated carbocycles. The first-order chi connectivity index (χ1) is 11.2. The van der Waals surface area contributed by atoms with Crippen molar-refractivity contribution in [3.05, 3.63) is 71.3 Å². The molecular formula is C18H18N2O3. The summed E-state index contributed by atoms with van der Waals surface area (Å²) in [5.74, 6) is -0.196. The number of hydrogen-bond donors (Lipinski definition) is 2. The van der Waals surface area contributed by atoms with Gasteiger partial charge in [0.25, 0.3) is 0 Å². The van der Waals surface area contributed by atoms with Gasteiger partial charge in [-0.3, -0.25) is 4.79 Å². The van der Waals surface area contributed by atoms with Crippen LogP contribution in [0.5, 0.6) is 0 Å². The highest BCUT2D eigenvalue weighted by Gasteiger charge is 2.25. The highest BCUT2D eigenvalue weighted by Crippen LogP contribution is 2.14. The van der Waals surface area contributed by atoms with Crippen LogP contribution in [0.4, 0.5) is 4.79 Å². The zero-order valence-corrected chi connectivity index (χ0v) is 12.6. The highest BCUT2D eigenvalue weighted by atomic mass is 16.5. The molecule has 1 heterocycles. The Morgan fingerprint density at radius 2 is 1.78 bits per heavy atom. The summed E-state index contributed by atoms with van der Waals surface area (Å²) in [6.07, 6.45) is -0.129. The maximum atomic E-state index is 12.1. The molecule has 2 N–H and O–H groups in total. The van der Waals surface area contributed by atoms with Crippen molar-refractivity contribution < 1.29 is 14.3 Å². The van der Waals surface area contributed by atoms with E-state index in [1.165, 1.54) is 0 Å². The number of nitrogens with one attached hydrogen (secondary N) is 2. The Bertz CT molecular complexity index is 700. The fourth-order valence-corrected chi connectivity index (χ4v) is 2.57. The molecule has 0 saturated heterocycles. The lowest BCUT2D eigenvalue weighted by molar-refractivity contribution is -0.123. The normalized spacial score (nSPS) is 16.7. The van der Waals surface area contributed by atoms with Gasteiger partial charge in [0.15, 0.2) is 0 Å². The number of rotatable bonds is 3. The van der Waals surface area contributed by atoms with E-state index in [1.54, 1.807) is 0 Å². The SMILES string of the molecule is O=C(N[C@H]1Cc2ccccc2CNC1=O)OCc1ccccc1. The highest BCUT2D eigenvalue weighted by molar-refractivity contribution is 5.86. The first-order valence-corrected chi connectivity index (χ1v) is 7.54. The Hall–Kier alpha value is -2.82. The summed E-state index contributed by atoms with van der Waals surface area (Å²) in [7, 11) is 0. The van der Waals surface area contributed by atoms with E-state index in [2.05, 4.69) is 10.6 Å². The van der Waals surface area contributed by atoms with E-state index in [0.717, 1.165) is 16.7 Å². The van der Waals surface area contributed by atoms with Gasteiger partial charge in [0.2, 0.25) is 5.91 Å². The van der Waals surface area contributed by atoms with Crippen LogP contribution in [0.2, 0.25) is 0 Å². The average Bonchev–Trinajstić information content (AvgIpc) is 2.74. The molecule has 3 rings (SSSR count). The molecule has 0 aromatic heterocycles. The van der Waals surface area contributed by atoms with Gasteiger partial charge in [-0.15, -0.1) is 0 Å². The predicted octanol–water partition coefficient (Wildman–Crippen LogP) is 2.15. The van der Waals surface area contributed by atoms with Gasteiger partial charge >= 0.3 is 6.09 Å². The molecule has 0 aliphatic carbocycles. The second-order valence-electron chi connectivity index (χ2n) is 5.45. The third kappa shape index (κ3) is 3.88. The topological polar surface area (TPSA) is 67.4 Å². The lowest BCUT2D eigenvalue weighted by Crippen LogP contribution is -2.46. The van der Waals surface area contributed by atoms with Gasteiger partial charge in [0.1, 0.15) is 12.6 Å². The van der Waals surface area contributed by atoms with Crippen LogP contribution in [0, 0.1) is 0 Å². The first-order valence-electron chi connectivity index (χ1n) is 7.54. The number of fused-ring (bicyclic) bond motifs is 1. The zero-order valence-electron chi connectivity index (χ0n) is 12.6. The van der Waals surface area contributed by atoms with Crippen molar-refractivity contribution in [3.8, 4) is 0 Å². The Morgan fingerprint density at radius 3 is 2.57 bits per heavy atom. The van der Waals surface area contributed by atoms with Crippen LogP contribution in [0.15, 0.2) is 54.6 Å². The van der Waals surface area contributed by atoms with E-state index in [9.17, 15) is 9.59 Å². The van der Waals surface area contributed by atoms with Crippen LogP contribution >= 0.6 is 0 Å². The molecule has 2 aromatic rings. The van der Waals surface area contributed by atoms with Crippen molar-refractivity contribution in [2.75, 3.05) is 0 Å². The quantitative estimate of drug-likeness (QED) is 0.913.